The van der Waals surface area contributed by atoms with Crippen LogP contribution in [0.1, 0.15) is 11.1 Å². The molecule has 1 aliphatic rings. The normalized spacial score (nSPS) is 18.2. The van der Waals surface area contributed by atoms with Crippen LogP contribution in [0.25, 0.3) is 0 Å². The van der Waals surface area contributed by atoms with E-state index in [1.54, 1.807) is 21.3 Å². The summed E-state index contributed by atoms with van der Waals surface area (Å²) >= 11 is 0. The summed E-state index contributed by atoms with van der Waals surface area (Å²) in [4.78, 5) is 2.94. The minimum atomic E-state index is -0.423. The van der Waals surface area contributed by atoms with Gasteiger partial charge in [0.2, 0.25) is 5.75 Å². The Bertz CT molecular complexity index is 820. The van der Waals surface area contributed by atoms with Crippen molar-refractivity contribution in [1.82, 2.24) is 0 Å². The van der Waals surface area contributed by atoms with Gasteiger partial charge in [-0.15, -0.1) is 0 Å². The van der Waals surface area contributed by atoms with Gasteiger partial charge in [0.05, 0.1) is 40.1 Å². The fourth-order valence-electron chi connectivity index (χ4n) is 4.36. The summed E-state index contributed by atoms with van der Waals surface area (Å²) in [5.74, 6) is 2.07. The van der Waals surface area contributed by atoms with E-state index >= 15 is 0 Å². The summed E-state index contributed by atoms with van der Waals surface area (Å²) in [5, 5.41) is 10.4. The Hall–Kier alpha value is -1.74. The highest BCUT2D eigenvalue weighted by Crippen LogP contribution is 2.39. The fraction of sp³-hybridized carbons (Fsp3) is 0.520. The first-order valence-electron chi connectivity index (χ1n) is 11.4. The molecule has 0 amide bonds. The first-order valence-corrected chi connectivity index (χ1v) is 11.4. The van der Waals surface area contributed by atoms with Crippen LogP contribution >= 0.6 is 0 Å². The summed E-state index contributed by atoms with van der Waals surface area (Å²) < 4.78 is 22.2. The number of aliphatic hydroxyl groups excluding tert-OH is 1. The zero-order valence-electron chi connectivity index (χ0n) is 20.3. The summed E-state index contributed by atoms with van der Waals surface area (Å²) in [6.45, 7) is 6.82. The van der Waals surface area contributed by atoms with E-state index in [2.05, 4.69) is 18.2 Å². The maximum atomic E-state index is 10.4. The lowest BCUT2D eigenvalue weighted by atomic mass is 10.1. The molecule has 0 aliphatic carbocycles. The highest BCUT2D eigenvalue weighted by molar-refractivity contribution is 5.55. The van der Waals surface area contributed by atoms with Crippen LogP contribution in [-0.4, -0.2) is 78.5 Å². The van der Waals surface area contributed by atoms with Crippen molar-refractivity contribution in [1.29, 1.82) is 0 Å². The van der Waals surface area contributed by atoms with E-state index in [0.29, 0.717) is 24.7 Å². The number of nitrogens with one attached hydrogen (secondary N) is 2. The third-order valence-corrected chi connectivity index (χ3v) is 6.10. The molecule has 0 saturated carbocycles. The van der Waals surface area contributed by atoms with Gasteiger partial charge in [0, 0.05) is 0 Å². The summed E-state index contributed by atoms with van der Waals surface area (Å²) in [5.41, 5.74) is 2.38. The average molecular weight is 517 g/mol. The van der Waals surface area contributed by atoms with Gasteiger partial charge >= 0.3 is 0 Å². The summed E-state index contributed by atoms with van der Waals surface area (Å²) in [6, 6.07) is 14.3. The number of quaternary nitrogens is 2. The van der Waals surface area contributed by atoms with Crippen molar-refractivity contribution in [3.05, 3.63) is 53.6 Å². The maximum absolute atomic E-state index is 10.4. The Labute approximate surface area is 215 Å². The van der Waals surface area contributed by atoms with E-state index in [-0.39, 0.29) is 24.8 Å². The largest absolute Gasteiger partial charge is 1.00 e. The highest BCUT2D eigenvalue weighted by Gasteiger charge is 2.27. The monoisotopic (exact) mass is 516 g/mol. The molecule has 0 aromatic heterocycles. The minimum absolute atomic E-state index is 0. The second kappa shape index (κ2) is 16.0. The van der Waals surface area contributed by atoms with Gasteiger partial charge in [-0.1, -0.05) is 30.3 Å². The topological polar surface area (TPSA) is 66.0 Å². The van der Waals surface area contributed by atoms with Gasteiger partial charge in [0.15, 0.2) is 11.5 Å². The van der Waals surface area contributed by atoms with Crippen LogP contribution in [0, 0.1) is 0 Å². The third kappa shape index (κ3) is 8.80. The third-order valence-electron chi connectivity index (χ3n) is 6.10. The first kappa shape index (κ1) is 30.3. The molecule has 3 rings (SSSR count). The quantitative estimate of drug-likeness (QED) is 0.245. The van der Waals surface area contributed by atoms with Crippen LogP contribution in [0.3, 0.4) is 0 Å². The summed E-state index contributed by atoms with van der Waals surface area (Å²) in [7, 11) is 4.93. The van der Waals surface area contributed by atoms with Gasteiger partial charge in [-0.3, -0.25) is 0 Å². The SMILES string of the molecule is COc1ccc(C[NH+]2CC[NH+](CC(O)COCCc3ccccc3)CC2)c(OC)c1OC.[Cl-].[Cl-]. The van der Waals surface area contributed by atoms with Gasteiger partial charge in [-0.25, -0.2) is 0 Å². The number of aliphatic hydroxyl groups is 1. The molecule has 2 aromatic rings. The Kier molecular flexibility index (Phi) is 14.3. The van der Waals surface area contributed by atoms with Crippen LogP contribution in [0.2, 0.25) is 0 Å². The second-order valence-corrected chi connectivity index (χ2v) is 8.34. The van der Waals surface area contributed by atoms with E-state index < -0.39 is 6.10 Å². The predicted molar refractivity (Wildman–Crippen MR) is 123 cm³/mol. The molecule has 1 fully saturated rings. The van der Waals surface area contributed by atoms with Gasteiger partial charge < -0.3 is 58.7 Å². The standard InChI is InChI=1S/C25H36N2O5.2ClH/c1-29-23-10-9-21(24(30-2)25(23)31-3)17-26-12-14-27(15-13-26)18-22(28)19-32-16-11-20-7-5-4-6-8-20;;/h4-10,22,28H,11-19H2,1-3H3;2*1H. The zero-order chi connectivity index (χ0) is 22.8. The molecule has 0 radical (unpaired) electrons. The van der Waals surface area contributed by atoms with E-state index in [1.165, 1.54) is 15.4 Å². The van der Waals surface area contributed by atoms with Gasteiger partial charge in [-0.2, -0.15) is 0 Å². The molecule has 3 N–H and O–H groups in total. The van der Waals surface area contributed by atoms with Crippen LogP contribution in [0.15, 0.2) is 42.5 Å². The number of methoxy groups -OCH3 is 3. The molecule has 1 aliphatic heterocycles. The number of ether oxygens (including phenoxy) is 4. The average Bonchev–Trinajstić information content (AvgIpc) is 2.83. The number of benzene rings is 2. The van der Waals surface area contributed by atoms with Gasteiger partial charge in [0.25, 0.3) is 0 Å². The van der Waals surface area contributed by atoms with E-state index in [1.807, 2.05) is 24.3 Å². The number of halogens is 2. The molecule has 34 heavy (non-hydrogen) atoms. The Morgan fingerprint density at radius 2 is 1.47 bits per heavy atom. The zero-order valence-corrected chi connectivity index (χ0v) is 21.8. The lowest BCUT2D eigenvalue weighted by Gasteiger charge is -2.31. The van der Waals surface area contributed by atoms with Gasteiger partial charge in [-0.05, 0) is 24.1 Å². The van der Waals surface area contributed by atoms with Crippen LogP contribution in [0.4, 0.5) is 0 Å². The highest BCUT2D eigenvalue weighted by atomic mass is 35.5. The van der Waals surface area contributed by atoms with Crippen molar-refractivity contribution < 1.29 is 58.7 Å². The summed E-state index contributed by atoms with van der Waals surface area (Å²) in [6.07, 6.45) is 0.454. The number of hydrogen-bond acceptors (Lipinski definition) is 5. The Morgan fingerprint density at radius 3 is 2.09 bits per heavy atom. The molecule has 0 bridgehead atoms. The molecule has 7 nitrogen and oxygen atoms in total. The Balaban J connectivity index is 0.00000289. The van der Waals surface area contributed by atoms with E-state index in [4.69, 9.17) is 18.9 Å². The fourth-order valence-corrected chi connectivity index (χ4v) is 4.36. The van der Waals surface area contributed by atoms with Crippen molar-refractivity contribution in [2.75, 3.05) is 67.3 Å². The van der Waals surface area contributed by atoms with Crippen LogP contribution < -0.4 is 48.8 Å². The van der Waals surface area contributed by atoms with E-state index in [9.17, 15) is 5.11 Å². The molecule has 1 saturated heterocycles. The van der Waals surface area contributed by atoms with E-state index in [0.717, 1.165) is 57.0 Å². The van der Waals surface area contributed by atoms with Crippen molar-refractivity contribution in [2.45, 2.75) is 19.1 Å². The number of piperazine rings is 1. The molecule has 2 aromatic carbocycles. The van der Waals surface area contributed by atoms with Gasteiger partial charge in [0.1, 0.15) is 45.4 Å². The first-order chi connectivity index (χ1) is 15.6. The van der Waals surface area contributed by atoms with Crippen molar-refractivity contribution in [3.8, 4) is 17.2 Å². The van der Waals surface area contributed by atoms with Crippen LogP contribution in [-0.2, 0) is 17.7 Å². The molecule has 1 atom stereocenters. The van der Waals surface area contributed by atoms with Crippen molar-refractivity contribution in [3.63, 3.8) is 0 Å². The molecule has 9 heteroatoms. The molecule has 1 unspecified atom stereocenters. The number of hydrogen-bond donors (Lipinski definition) is 3. The lowest BCUT2D eigenvalue weighted by Crippen LogP contribution is -3.28. The second-order valence-electron chi connectivity index (χ2n) is 8.34. The molecule has 0 spiro atoms. The maximum Gasteiger partial charge on any atom is 0.203 e. The minimum Gasteiger partial charge on any atom is -1.00 e. The van der Waals surface area contributed by atoms with Crippen LogP contribution in [0.5, 0.6) is 17.2 Å². The van der Waals surface area contributed by atoms with Crippen molar-refractivity contribution in [2.24, 2.45) is 0 Å². The Morgan fingerprint density at radius 1 is 0.824 bits per heavy atom. The predicted octanol–water partition coefficient (Wildman–Crippen LogP) is -6.38. The smallest absolute Gasteiger partial charge is 0.203 e. The molecular weight excluding hydrogens is 479 g/mol. The molecular formula is C25H38Cl2N2O5. The number of rotatable bonds is 12. The lowest BCUT2D eigenvalue weighted by molar-refractivity contribution is -1.02. The molecule has 192 valence electrons. The van der Waals surface area contributed by atoms with Crippen molar-refractivity contribution >= 4 is 0 Å². The molecule has 1 heterocycles.